The van der Waals surface area contributed by atoms with Crippen LogP contribution in [0.25, 0.3) is 16.9 Å². The second-order valence-electron chi connectivity index (χ2n) is 6.49. The fourth-order valence-electron chi connectivity index (χ4n) is 3.67. The first-order valence-corrected chi connectivity index (χ1v) is 8.59. The molecule has 2 aliphatic rings. The Bertz CT molecular complexity index is 1060. The summed E-state index contributed by atoms with van der Waals surface area (Å²) in [6, 6.07) is 15.6. The smallest absolute Gasteiger partial charge is 0.201 e. The lowest BCUT2D eigenvalue weighted by Crippen LogP contribution is -2.30. The maximum absolute atomic E-state index is 9.21. The molecule has 0 bridgehead atoms. The number of nitriles is 1. The van der Waals surface area contributed by atoms with Crippen LogP contribution < -0.4 is 4.74 Å². The van der Waals surface area contributed by atoms with E-state index in [0.717, 1.165) is 53.6 Å². The van der Waals surface area contributed by atoms with Crippen LogP contribution in [0.15, 0.2) is 47.5 Å². The van der Waals surface area contributed by atoms with E-state index in [1.807, 2.05) is 40.8 Å². The predicted molar refractivity (Wildman–Crippen MR) is 95.3 cm³/mol. The van der Waals surface area contributed by atoms with Crippen molar-refractivity contribution in [2.75, 3.05) is 0 Å². The molecule has 0 saturated heterocycles. The van der Waals surface area contributed by atoms with Crippen LogP contribution in [0.3, 0.4) is 0 Å². The van der Waals surface area contributed by atoms with E-state index < -0.39 is 0 Å². The van der Waals surface area contributed by atoms with Crippen LogP contribution in [0, 0.1) is 11.3 Å². The average molecular weight is 328 g/mol. The highest BCUT2D eigenvalue weighted by atomic mass is 16.5. The lowest BCUT2D eigenvalue weighted by molar-refractivity contribution is 0.231. The van der Waals surface area contributed by atoms with Gasteiger partial charge in [0, 0.05) is 5.56 Å². The Kier molecular flexibility index (Phi) is 3.10. The molecule has 0 amide bonds. The molecular weight excluding hydrogens is 312 g/mol. The molecule has 0 radical (unpaired) electrons. The zero-order valence-electron chi connectivity index (χ0n) is 13.6. The van der Waals surface area contributed by atoms with Gasteiger partial charge in [0.2, 0.25) is 5.88 Å². The van der Waals surface area contributed by atoms with Gasteiger partial charge in [-0.05, 0) is 49.9 Å². The molecule has 3 aromatic rings. The average Bonchev–Trinajstić information content (AvgIpc) is 2.93. The number of ether oxygens (including phenoxy) is 1. The van der Waals surface area contributed by atoms with E-state index in [0.29, 0.717) is 5.56 Å². The van der Waals surface area contributed by atoms with Gasteiger partial charge in [0.15, 0.2) is 5.82 Å². The number of aliphatic imine (C=N–C) groups is 1. The summed E-state index contributed by atoms with van der Waals surface area (Å²) >= 11 is 0. The summed E-state index contributed by atoms with van der Waals surface area (Å²) in [6.07, 6.45) is 4.34. The highest BCUT2D eigenvalue weighted by molar-refractivity contribution is 5.94. The number of hydrogen-bond donors (Lipinski definition) is 0. The molecule has 25 heavy (non-hydrogen) atoms. The fourth-order valence-corrected chi connectivity index (χ4v) is 3.67. The van der Waals surface area contributed by atoms with Crippen molar-refractivity contribution in [3.8, 4) is 23.2 Å². The summed E-state index contributed by atoms with van der Waals surface area (Å²) in [5, 5.41) is 9.21. The van der Waals surface area contributed by atoms with E-state index in [1.165, 1.54) is 6.42 Å². The van der Waals surface area contributed by atoms with Gasteiger partial charge in [0.25, 0.3) is 0 Å². The predicted octanol–water partition coefficient (Wildman–Crippen LogP) is 4.28. The number of aromatic nitrogens is 2. The molecule has 2 aromatic heterocycles. The Hall–Kier alpha value is -3.13. The van der Waals surface area contributed by atoms with Gasteiger partial charge in [-0.15, -0.1) is 0 Å². The Morgan fingerprint density at radius 1 is 1.16 bits per heavy atom. The van der Waals surface area contributed by atoms with E-state index in [1.54, 1.807) is 6.07 Å². The second kappa shape index (κ2) is 5.45. The van der Waals surface area contributed by atoms with E-state index >= 15 is 0 Å². The maximum atomic E-state index is 9.21. The minimum atomic E-state index is 0.0533. The number of fused-ring (bicyclic) bond motifs is 1. The normalized spacial score (nSPS) is 18.7. The van der Waals surface area contributed by atoms with Crippen molar-refractivity contribution in [3.05, 3.63) is 48.0 Å². The summed E-state index contributed by atoms with van der Waals surface area (Å²) in [7, 11) is 0. The van der Waals surface area contributed by atoms with Crippen molar-refractivity contribution in [1.29, 1.82) is 5.26 Å². The van der Waals surface area contributed by atoms with E-state index in [4.69, 9.17) is 14.7 Å². The lowest BCUT2D eigenvalue weighted by Gasteiger charge is -2.23. The van der Waals surface area contributed by atoms with Crippen LogP contribution in [-0.2, 0) is 0 Å². The van der Waals surface area contributed by atoms with Crippen LogP contribution in [0.2, 0.25) is 0 Å². The summed E-state index contributed by atoms with van der Waals surface area (Å²) in [5.41, 5.74) is 4.24. The quantitative estimate of drug-likeness (QED) is 0.670. The molecule has 1 aromatic carbocycles. The third-order valence-corrected chi connectivity index (χ3v) is 4.88. The van der Waals surface area contributed by atoms with Gasteiger partial charge in [-0.2, -0.15) is 5.26 Å². The lowest BCUT2D eigenvalue weighted by atomic mass is 9.95. The number of hydrogen-bond acceptors (Lipinski definition) is 4. The first kappa shape index (κ1) is 14.2. The Balaban J connectivity index is 1.79. The second-order valence-corrected chi connectivity index (χ2v) is 6.49. The monoisotopic (exact) mass is 328 g/mol. The Labute approximate surface area is 145 Å². The fraction of sp³-hybridized carbons (Fsp3) is 0.250. The van der Waals surface area contributed by atoms with Gasteiger partial charge in [-0.25, -0.2) is 14.4 Å². The minimum absolute atomic E-state index is 0.0533. The zero-order valence-corrected chi connectivity index (χ0v) is 13.6. The van der Waals surface area contributed by atoms with Gasteiger partial charge in [-0.1, -0.05) is 18.2 Å². The molecule has 5 rings (SSSR count). The van der Waals surface area contributed by atoms with Crippen LogP contribution >= 0.6 is 0 Å². The number of nitrogens with zero attached hydrogens (tertiary/aromatic N) is 4. The molecule has 1 fully saturated rings. The van der Waals surface area contributed by atoms with E-state index in [-0.39, 0.29) is 6.10 Å². The highest BCUT2D eigenvalue weighted by Crippen LogP contribution is 2.38. The number of benzene rings is 1. The molecule has 1 atom stereocenters. The van der Waals surface area contributed by atoms with Crippen LogP contribution in [-0.4, -0.2) is 21.2 Å². The zero-order chi connectivity index (χ0) is 16.8. The molecule has 5 heteroatoms. The molecule has 1 aliphatic heterocycles. The molecule has 0 N–H and O–H groups in total. The van der Waals surface area contributed by atoms with Crippen molar-refractivity contribution in [2.45, 2.75) is 31.8 Å². The van der Waals surface area contributed by atoms with Crippen LogP contribution in [0.5, 0.6) is 5.88 Å². The SMILES string of the molecule is N#Cc1cccc(-c2nc3cccc4n3c2N=C2CCCC[C@@H]2O4)c1. The van der Waals surface area contributed by atoms with Crippen LogP contribution in [0.1, 0.15) is 31.2 Å². The van der Waals surface area contributed by atoms with Gasteiger partial charge in [-0.3, -0.25) is 0 Å². The maximum Gasteiger partial charge on any atom is 0.201 e. The summed E-state index contributed by atoms with van der Waals surface area (Å²) in [6.45, 7) is 0. The first-order chi connectivity index (χ1) is 12.3. The first-order valence-electron chi connectivity index (χ1n) is 8.59. The summed E-state index contributed by atoms with van der Waals surface area (Å²) in [4.78, 5) is 9.76. The van der Waals surface area contributed by atoms with Gasteiger partial charge < -0.3 is 4.74 Å². The Morgan fingerprint density at radius 3 is 3.00 bits per heavy atom. The van der Waals surface area contributed by atoms with Gasteiger partial charge in [0.1, 0.15) is 17.4 Å². The van der Waals surface area contributed by atoms with Crippen molar-refractivity contribution in [3.63, 3.8) is 0 Å². The largest absolute Gasteiger partial charge is 0.469 e. The molecule has 0 spiro atoms. The van der Waals surface area contributed by atoms with Crippen LogP contribution in [0.4, 0.5) is 5.82 Å². The summed E-state index contributed by atoms with van der Waals surface area (Å²) < 4.78 is 8.25. The highest BCUT2D eigenvalue weighted by Gasteiger charge is 2.28. The number of rotatable bonds is 1. The number of imidazole rings is 1. The van der Waals surface area contributed by atoms with Crippen molar-refractivity contribution in [1.82, 2.24) is 9.38 Å². The Morgan fingerprint density at radius 2 is 2.08 bits per heavy atom. The van der Waals surface area contributed by atoms with Crippen molar-refractivity contribution in [2.24, 2.45) is 4.99 Å². The molecule has 5 nitrogen and oxygen atoms in total. The third-order valence-electron chi connectivity index (χ3n) is 4.88. The topological polar surface area (TPSA) is 62.7 Å². The van der Waals surface area contributed by atoms with E-state index in [2.05, 4.69) is 6.07 Å². The molecule has 1 aliphatic carbocycles. The van der Waals surface area contributed by atoms with Crippen molar-refractivity contribution < 1.29 is 4.74 Å². The molecule has 0 unspecified atom stereocenters. The van der Waals surface area contributed by atoms with Gasteiger partial charge in [0.05, 0.1) is 17.3 Å². The third kappa shape index (κ3) is 2.22. The van der Waals surface area contributed by atoms with Crippen molar-refractivity contribution >= 4 is 17.2 Å². The minimum Gasteiger partial charge on any atom is -0.469 e. The molecule has 1 saturated carbocycles. The van der Waals surface area contributed by atoms with E-state index in [9.17, 15) is 5.26 Å². The molecule has 122 valence electrons. The van der Waals surface area contributed by atoms with Gasteiger partial charge >= 0.3 is 0 Å². The summed E-state index contributed by atoms with van der Waals surface area (Å²) in [5.74, 6) is 1.59. The number of pyridine rings is 1. The molecular formula is C20H16N4O. The standard InChI is InChI=1S/C20H16N4O/c21-12-13-5-3-6-14(11-13)19-20-22-15-7-1-2-8-16(15)25-18-10-4-9-17(23-19)24(18)20/h3-6,9-11,16H,1-2,7-8H2/t16-/m0/s1. The molecule has 3 heterocycles.